The number of ether oxygens (including phenoxy) is 3. The second-order valence-corrected chi connectivity index (χ2v) is 4.35. The van der Waals surface area contributed by atoms with Crippen molar-refractivity contribution >= 4 is 17.5 Å². The van der Waals surface area contributed by atoms with Gasteiger partial charge >= 0.3 is 0 Å². The molecule has 5 nitrogen and oxygen atoms in total. The van der Waals surface area contributed by atoms with E-state index in [0.717, 1.165) is 6.42 Å². The van der Waals surface area contributed by atoms with Crippen LogP contribution in [-0.2, 0) is 4.74 Å². The number of alkyl halides is 1. The van der Waals surface area contributed by atoms with E-state index in [0.29, 0.717) is 42.7 Å². The number of hydrogen-bond acceptors (Lipinski definition) is 4. The van der Waals surface area contributed by atoms with Crippen molar-refractivity contribution in [1.82, 2.24) is 5.32 Å². The first-order chi connectivity index (χ1) is 9.72. The molecule has 0 bridgehead atoms. The lowest BCUT2D eigenvalue weighted by molar-refractivity contribution is 0.0941. The Morgan fingerprint density at radius 2 is 2.05 bits per heavy atom. The van der Waals surface area contributed by atoms with Crippen LogP contribution in [0.5, 0.6) is 11.5 Å². The Balaban J connectivity index is 2.49. The number of hydrogen-bond donors (Lipinski definition) is 1. The van der Waals surface area contributed by atoms with E-state index in [2.05, 4.69) is 5.32 Å². The van der Waals surface area contributed by atoms with Crippen LogP contribution in [0.4, 0.5) is 0 Å². The molecule has 0 heterocycles. The van der Waals surface area contributed by atoms with E-state index in [9.17, 15) is 4.79 Å². The Morgan fingerprint density at radius 1 is 1.25 bits per heavy atom. The second kappa shape index (κ2) is 9.44. The van der Waals surface area contributed by atoms with Crippen LogP contribution in [0, 0.1) is 0 Å². The normalized spacial score (nSPS) is 10.2. The number of carbonyl (C=O) groups is 1. The van der Waals surface area contributed by atoms with Crippen molar-refractivity contribution in [2.24, 2.45) is 0 Å². The Hall–Kier alpha value is -1.46. The Morgan fingerprint density at radius 3 is 2.70 bits per heavy atom. The van der Waals surface area contributed by atoms with E-state index in [1.807, 2.05) is 0 Å². The molecule has 0 unspecified atom stereocenters. The Labute approximate surface area is 124 Å². The van der Waals surface area contributed by atoms with Gasteiger partial charge in [0.25, 0.3) is 5.91 Å². The predicted molar refractivity (Wildman–Crippen MR) is 78.0 cm³/mol. The molecule has 1 N–H and O–H groups in total. The first kappa shape index (κ1) is 16.6. The minimum atomic E-state index is -0.196. The first-order valence-corrected chi connectivity index (χ1v) is 6.90. The third kappa shape index (κ3) is 5.27. The van der Waals surface area contributed by atoms with Crippen molar-refractivity contribution in [2.75, 3.05) is 39.9 Å². The van der Waals surface area contributed by atoms with E-state index in [1.54, 1.807) is 25.3 Å². The summed E-state index contributed by atoms with van der Waals surface area (Å²) in [7, 11) is 3.08. The number of benzene rings is 1. The van der Waals surface area contributed by atoms with E-state index in [1.165, 1.54) is 7.11 Å². The van der Waals surface area contributed by atoms with E-state index in [4.69, 9.17) is 25.8 Å². The fourth-order valence-corrected chi connectivity index (χ4v) is 1.73. The van der Waals surface area contributed by atoms with Gasteiger partial charge in [0, 0.05) is 19.0 Å². The van der Waals surface area contributed by atoms with Crippen LogP contribution in [0.3, 0.4) is 0 Å². The number of nitrogens with one attached hydrogen (secondary N) is 1. The van der Waals surface area contributed by atoms with Crippen molar-refractivity contribution in [3.63, 3.8) is 0 Å². The van der Waals surface area contributed by atoms with E-state index >= 15 is 0 Å². The van der Waals surface area contributed by atoms with Gasteiger partial charge in [-0.25, -0.2) is 0 Å². The summed E-state index contributed by atoms with van der Waals surface area (Å²) in [6.45, 7) is 1.63. The lowest BCUT2D eigenvalue weighted by Gasteiger charge is -2.11. The topological polar surface area (TPSA) is 56.8 Å². The van der Waals surface area contributed by atoms with Crippen molar-refractivity contribution in [3.8, 4) is 11.5 Å². The number of carbonyl (C=O) groups excluding carboxylic acids is 1. The molecule has 0 aliphatic heterocycles. The summed E-state index contributed by atoms with van der Waals surface area (Å²) in [5, 5.41) is 2.81. The van der Waals surface area contributed by atoms with Gasteiger partial charge in [-0.2, -0.15) is 0 Å². The smallest absolute Gasteiger partial charge is 0.255 e. The van der Waals surface area contributed by atoms with Crippen LogP contribution in [0.1, 0.15) is 16.8 Å². The standard InChI is InChI=1S/C14H20ClNO4/c1-18-11-4-5-13(19-2)12(10-11)14(17)16-7-3-8-20-9-6-15/h4-5,10H,3,6-9H2,1-2H3,(H,16,17). The van der Waals surface area contributed by atoms with E-state index < -0.39 is 0 Å². The highest BCUT2D eigenvalue weighted by Crippen LogP contribution is 2.23. The molecule has 0 aliphatic rings. The highest BCUT2D eigenvalue weighted by molar-refractivity contribution is 6.17. The molecule has 0 spiro atoms. The monoisotopic (exact) mass is 301 g/mol. The van der Waals surface area contributed by atoms with Gasteiger partial charge in [0.15, 0.2) is 0 Å². The predicted octanol–water partition coefficient (Wildman–Crippen LogP) is 2.08. The molecule has 0 saturated heterocycles. The molecule has 6 heteroatoms. The zero-order chi connectivity index (χ0) is 14.8. The third-order valence-electron chi connectivity index (χ3n) is 2.62. The molecule has 1 aromatic rings. The average Bonchev–Trinajstić information content (AvgIpc) is 2.49. The van der Waals surface area contributed by atoms with Crippen LogP contribution >= 0.6 is 11.6 Å². The molecule has 0 radical (unpaired) electrons. The summed E-state index contributed by atoms with van der Waals surface area (Å²) in [6, 6.07) is 5.10. The second-order valence-electron chi connectivity index (χ2n) is 3.98. The lowest BCUT2D eigenvalue weighted by Crippen LogP contribution is -2.25. The van der Waals surface area contributed by atoms with Crippen molar-refractivity contribution < 1.29 is 19.0 Å². The lowest BCUT2D eigenvalue weighted by atomic mass is 10.1. The molecule has 0 fully saturated rings. The molecule has 1 amide bonds. The van der Waals surface area contributed by atoms with Gasteiger partial charge < -0.3 is 19.5 Å². The van der Waals surface area contributed by atoms with Crippen molar-refractivity contribution in [3.05, 3.63) is 23.8 Å². The summed E-state index contributed by atoms with van der Waals surface area (Å²) in [6.07, 6.45) is 0.731. The third-order valence-corrected chi connectivity index (χ3v) is 2.78. The summed E-state index contributed by atoms with van der Waals surface area (Å²) >= 11 is 5.49. The van der Waals surface area contributed by atoms with Crippen LogP contribution < -0.4 is 14.8 Å². The number of methoxy groups -OCH3 is 2. The van der Waals surface area contributed by atoms with Crippen LogP contribution in [0.15, 0.2) is 18.2 Å². The molecule has 0 saturated carbocycles. The summed E-state index contributed by atoms with van der Waals surface area (Å²) in [5.41, 5.74) is 0.452. The van der Waals surface area contributed by atoms with E-state index in [-0.39, 0.29) is 5.91 Å². The molecule has 0 aliphatic carbocycles. The van der Waals surface area contributed by atoms with Gasteiger partial charge in [-0.1, -0.05) is 0 Å². The van der Waals surface area contributed by atoms with Gasteiger partial charge in [-0.15, -0.1) is 11.6 Å². The number of amides is 1. The van der Waals surface area contributed by atoms with Crippen LogP contribution in [0.25, 0.3) is 0 Å². The first-order valence-electron chi connectivity index (χ1n) is 6.37. The molecule has 0 atom stereocenters. The Kier molecular flexibility index (Phi) is 7.84. The fraction of sp³-hybridized carbons (Fsp3) is 0.500. The zero-order valence-corrected chi connectivity index (χ0v) is 12.5. The molecule has 1 rings (SSSR count). The minimum Gasteiger partial charge on any atom is -0.497 e. The largest absolute Gasteiger partial charge is 0.497 e. The average molecular weight is 302 g/mol. The van der Waals surface area contributed by atoms with Gasteiger partial charge in [0.1, 0.15) is 11.5 Å². The molecule has 1 aromatic carbocycles. The van der Waals surface area contributed by atoms with Gasteiger partial charge in [-0.3, -0.25) is 4.79 Å². The highest BCUT2D eigenvalue weighted by Gasteiger charge is 2.12. The highest BCUT2D eigenvalue weighted by atomic mass is 35.5. The zero-order valence-electron chi connectivity index (χ0n) is 11.8. The van der Waals surface area contributed by atoms with Crippen LogP contribution in [0.2, 0.25) is 0 Å². The SMILES string of the molecule is COc1ccc(OC)c(C(=O)NCCCOCCCl)c1. The van der Waals surface area contributed by atoms with Crippen molar-refractivity contribution in [1.29, 1.82) is 0 Å². The van der Waals surface area contributed by atoms with Gasteiger partial charge in [-0.05, 0) is 24.6 Å². The Bertz CT molecular complexity index is 426. The van der Waals surface area contributed by atoms with Crippen LogP contribution in [-0.4, -0.2) is 45.8 Å². The maximum absolute atomic E-state index is 12.1. The number of rotatable bonds is 9. The quantitative estimate of drug-likeness (QED) is 0.560. The maximum Gasteiger partial charge on any atom is 0.255 e. The molecule has 20 heavy (non-hydrogen) atoms. The molecule has 112 valence electrons. The fourth-order valence-electron chi connectivity index (χ4n) is 1.62. The summed E-state index contributed by atoms with van der Waals surface area (Å²) in [4.78, 5) is 12.1. The number of halogens is 1. The molecule has 0 aromatic heterocycles. The molecular formula is C14H20ClNO4. The molecular weight excluding hydrogens is 282 g/mol. The summed E-state index contributed by atoms with van der Waals surface area (Å²) in [5.74, 6) is 1.41. The van der Waals surface area contributed by atoms with Gasteiger partial charge in [0.05, 0.1) is 26.4 Å². The van der Waals surface area contributed by atoms with Gasteiger partial charge in [0.2, 0.25) is 0 Å². The maximum atomic E-state index is 12.1. The summed E-state index contributed by atoms with van der Waals surface area (Å²) < 4.78 is 15.5. The minimum absolute atomic E-state index is 0.196. The van der Waals surface area contributed by atoms with Crippen molar-refractivity contribution in [2.45, 2.75) is 6.42 Å².